The highest BCUT2D eigenvalue weighted by Crippen LogP contribution is 2.52. The molecule has 3 heterocycles. The number of aryl methyl sites for hydroxylation is 1. The van der Waals surface area contributed by atoms with E-state index in [4.69, 9.17) is 0 Å². The van der Waals surface area contributed by atoms with Crippen molar-refractivity contribution in [2.24, 2.45) is 0 Å². The molecule has 0 aliphatic carbocycles. The van der Waals surface area contributed by atoms with Gasteiger partial charge in [0.05, 0.1) is 22.6 Å². The van der Waals surface area contributed by atoms with Crippen molar-refractivity contribution in [3.8, 4) is 17.0 Å². The van der Waals surface area contributed by atoms with E-state index in [2.05, 4.69) is 40.8 Å². The van der Waals surface area contributed by atoms with Gasteiger partial charge in [-0.05, 0) is 60.0 Å². The van der Waals surface area contributed by atoms with E-state index in [1.807, 2.05) is 49.4 Å². The van der Waals surface area contributed by atoms with Crippen molar-refractivity contribution in [2.75, 3.05) is 4.90 Å². The second-order valence-corrected chi connectivity index (χ2v) is 10.1. The van der Waals surface area contributed by atoms with Crippen LogP contribution in [0.5, 0.6) is 5.75 Å². The van der Waals surface area contributed by atoms with Gasteiger partial charge in [-0.3, -0.25) is 4.90 Å². The Morgan fingerprint density at radius 3 is 2.34 bits per heavy atom. The first-order valence-electron chi connectivity index (χ1n) is 12.2. The Kier molecular flexibility index (Phi) is 5.24. The summed E-state index contributed by atoms with van der Waals surface area (Å²) >= 11 is 0. The third-order valence-electron chi connectivity index (χ3n) is 7.30. The van der Waals surface area contributed by atoms with Gasteiger partial charge in [-0.1, -0.05) is 56.3 Å². The van der Waals surface area contributed by atoms with Gasteiger partial charge in [0.15, 0.2) is 5.75 Å². The lowest BCUT2D eigenvalue weighted by Crippen LogP contribution is -2.31. The Morgan fingerprint density at radius 2 is 1.58 bits per heavy atom. The summed E-state index contributed by atoms with van der Waals surface area (Å²) in [7, 11) is 0. The van der Waals surface area contributed by atoms with Crippen molar-refractivity contribution in [3.05, 3.63) is 107 Å². The summed E-state index contributed by atoms with van der Waals surface area (Å²) in [5.74, 6) is -0.0965. The van der Waals surface area contributed by atoms with Crippen molar-refractivity contribution >= 4 is 28.1 Å². The Bertz CT molecular complexity index is 1730. The molecule has 5 aromatic rings. The number of aromatic hydroxyl groups is 1. The molecular formula is C31H24F3N3O. The number of fused-ring (bicyclic) bond motifs is 3. The van der Waals surface area contributed by atoms with Crippen LogP contribution in [0.15, 0.2) is 85.1 Å². The summed E-state index contributed by atoms with van der Waals surface area (Å²) in [6.07, 6.45) is -2.90. The molecular weight excluding hydrogens is 487 g/mol. The summed E-state index contributed by atoms with van der Waals surface area (Å²) in [6.45, 7) is 6.37. The van der Waals surface area contributed by atoms with Gasteiger partial charge in [0.25, 0.3) is 0 Å². The summed E-state index contributed by atoms with van der Waals surface area (Å²) in [4.78, 5) is 11.3. The number of hydrogen-bond donors (Lipinski definition) is 1. The topological polar surface area (TPSA) is 49.2 Å². The van der Waals surface area contributed by atoms with Gasteiger partial charge in [0.2, 0.25) is 0 Å². The van der Waals surface area contributed by atoms with Crippen molar-refractivity contribution < 1.29 is 18.3 Å². The standard InChI is InChI=1S/C31H24F3N3O/c1-18-14-15-35-27(16-18)37-25-7-5-4-6-21(25)30(2,3)22-11-9-20(17-26(22)37)24-13-10-19-8-12-23(31(32,33)34)29(38)28(19)36-24/h4-17,38H,1-3H3. The molecule has 1 N–H and O–H groups in total. The molecule has 7 heteroatoms. The predicted octanol–water partition coefficient (Wildman–Crippen LogP) is 8.44. The van der Waals surface area contributed by atoms with Crippen LogP contribution in [0.3, 0.4) is 0 Å². The molecule has 4 nitrogen and oxygen atoms in total. The Hall–Kier alpha value is -4.39. The lowest BCUT2D eigenvalue weighted by Gasteiger charge is -2.41. The first-order valence-corrected chi connectivity index (χ1v) is 12.2. The van der Waals surface area contributed by atoms with E-state index in [1.54, 1.807) is 18.3 Å². The van der Waals surface area contributed by atoms with Crippen molar-refractivity contribution in [2.45, 2.75) is 32.4 Å². The molecule has 1 aliphatic rings. The highest BCUT2D eigenvalue weighted by molar-refractivity contribution is 5.90. The van der Waals surface area contributed by atoms with Crippen LogP contribution in [0, 0.1) is 6.92 Å². The normalized spacial score (nSPS) is 14.3. The van der Waals surface area contributed by atoms with Crippen LogP contribution >= 0.6 is 0 Å². The molecule has 0 atom stereocenters. The quantitative estimate of drug-likeness (QED) is 0.258. The van der Waals surface area contributed by atoms with Gasteiger partial charge in [-0.15, -0.1) is 0 Å². The Morgan fingerprint density at radius 1 is 0.842 bits per heavy atom. The maximum absolute atomic E-state index is 13.4. The molecule has 38 heavy (non-hydrogen) atoms. The number of hydrogen-bond acceptors (Lipinski definition) is 4. The number of aromatic nitrogens is 2. The van der Waals surface area contributed by atoms with Crippen LogP contribution in [-0.4, -0.2) is 15.1 Å². The highest BCUT2D eigenvalue weighted by Gasteiger charge is 2.38. The van der Waals surface area contributed by atoms with E-state index in [1.165, 1.54) is 6.07 Å². The van der Waals surface area contributed by atoms with Crippen molar-refractivity contribution in [3.63, 3.8) is 0 Å². The van der Waals surface area contributed by atoms with Crippen molar-refractivity contribution in [1.29, 1.82) is 0 Å². The van der Waals surface area contributed by atoms with Gasteiger partial charge >= 0.3 is 6.18 Å². The average molecular weight is 512 g/mol. The molecule has 0 unspecified atom stereocenters. The van der Waals surface area contributed by atoms with Crippen molar-refractivity contribution in [1.82, 2.24) is 9.97 Å². The molecule has 190 valence electrons. The number of pyridine rings is 2. The van der Waals surface area contributed by atoms with E-state index >= 15 is 0 Å². The molecule has 0 saturated heterocycles. The number of alkyl halides is 3. The van der Waals surface area contributed by atoms with E-state index in [0.29, 0.717) is 11.1 Å². The zero-order chi connectivity index (χ0) is 26.8. The molecule has 0 radical (unpaired) electrons. The lowest BCUT2D eigenvalue weighted by molar-refractivity contribution is -0.138. The fraction of sp³-hybridized carbons (Fsp3) is 0.161. The lowest BCUT2D eigenvalue weighted by atomic mass is 9.73. The SMILES string of the molecule is Cc1ccnc(N2c3ccccc3C(C)(C)c3ccc(-c4ccc5ccc(C(F)(F)F)c(O)c5n4)cc32)c1. The maximum atomic E-state index is 13.4. The molecule has 2 aromatic heterocycles. The first kappa shape index (κ1) is 24.0. The predicted molar refractivity (Wildman–Crippen MR) is 143 cm³/mol. The second kappa shape index (κ2) is 8.31. The minimum Gasteiger partial charge on any atom is -0.505 e. The number of benzene rings is 3. The first-order chi connectivity index (χ1) is 18.1. The maximum Gasteiger partial charge on any atom is 0.420 e. The molecule has 0 saturated carbocycles. The summed E-state index contributed by atoms with van der Waals surface area (Å²) in [5, 5.41) is 10.9. The minimum absolute atomic E-state index is 0.0853. The summed E-state index contributed by atoms with van der Waals surface area (Å²) in [6, 6.07) is 23.8. The number of rotatable bonds is 2. The largest absolute Gasteiger partial charge is 0.505 e. The number of phenols is 1. The van der Waals surface area contributed by atoms with Gasteiger partial charge in [-0.2, -0.15) is 13.2 Å². The summed E-state index contributed by atoms with van der Waals surface area (Å²) < 4.78 is 40.2. The van der Waals surface area contributed by atoms with Gasteiger partial charge in [0.1, 0.15) is 11.3 Å². The number of phenolic OH excluding ortho intramolecular Hbond substituents is 1. The molecule has 3 aromatic carbocycles. The zero-order valence-electron chi connectivity index (χ0n) is 21.0. The van der Waals surface area contributed by atoms with Gasteiger partial charge in [-0.25, -0.2) is 9.97 Å². The number of halogens is 3. The van der Waals surface area contributed by atoms with E-state index < -0.39 is 17.5 Å². The van der Waals surface area contributed by atoms with E-state index in [9.17, 15) is 18.3 Å². The molecule has 1 aliphatic heterocycles. The van der Waals surface area contributed by atoms with E-state index in [0.717, 1.165) is 45.5 Å². The van der Waals surface area contributed by atoms with E-state index in [-0.39, 0.29) is 10.9 Å². The number of para-hydroxylation sites is 1. The smallest absolute Gasteiger partial charge is 0.420 e. The number of anilines is 3. The van der Waals surface area contributed by atoms with Crippen LogP contribution in [0.1, 0.15) is 36.1 Å². The average Bonchev–Trinajstić information content (AvgIpc) is 2.88. The highest BCUT2D eigenvalue weighted by atomic mass is 19.4. The fourth-order valence-corrected chi connectivity index (χ4v) is 5.33. The monoisotopic (exact) mass is 511 g/mol. The van der Waals surface area contributed by atoms with Crippen LogP contribution in [0.25, 0.3) is 22.2 Å². The van der Waals surface area contributed by atoms with Gasteiger partial charge < -0.3 is 5.11 Å². The second-order valence-electron chi connectivity index (χ2n) is 10.1. The van der Waals surface area contributed by atoms with Crippen LogP contribution < -0.4 is 4.90 Å². The molecule has 0 amide bonds. The third-order valence-corrected chi connectivity index (χ3v) is 7.30. The summed E-state index contributed by atoms with van der Waals surface area (Å²) in [5.41, 5.74) is 4.94. The number of nitrogens with zero attached hydrogens (tertiary/aromatic N) is 3. The molecule has 6 rings (SSSR count). The van der Waals surface area contributed by atoms with Crippen LogP contribution in [-0.2, 0) is 11.6 Å². The zero-order valence-corrected chi connectivity index (χ0v) is 21.0. The van der Waals surface area contributed by atoms with Gasteiger partial charge in [0, 0.05) is 22.6 Å². The molecule has 0 spiro atoms. The Labute approximate surface area is 218 Å². The third kappa shape index (κ3) is 3.69. The van der Waals surface area contributed by atoms with Crippen LogP contribution in [0.4, 0.5) is 30.4 Å². The minimum atomic E-state index is -4.68. The fourth-order valence-electron chi connectivity index (χ4n) is 5.33. The Balaban J connectivity index is 1.57. The molecule has 0 bridgehead atoms. The molecule has 0 fully saturated rings. The van der Waals surface area contributed by atoms with Crippen LogP contribution in [0.2, 0.25) is 0 Å².